The van der Waals surface area contributed by atoms with Gasteiger partial charge in [-0.1, -0.05) is 0 Å². The second-order valence-corrected chi connectivity index (χ2v) is 3.57. The number of anilines is 1. The molecule has 92 valence electrons. The largest absolute Gasteiger partial charge is 0.478 e. The minimum absolute atomic E-state index is 0.0973. The van der Waals surface area contributed by atoms with Crippen LogP contribution in [0.1, 0.15) is 21.7 Å². The summed E-state index contributed by atoms with van der Waals surface area (Å²) in [4.78, 5) is 18.8. The van der Waals surface area contributed by atoms with Crippen molar-refractivity contribution in [2.24, 2.45) is 0 Å². The van der Waals surface area contributed by atoms with E-state index in [0.29, 0.717) is 18.2 Å². The molecule has 2 rings (SSSR count). The third-order valence-corrected chi connectivity index (χ3v) is 2.26. The molecule has 2 heterocycles. The van der Waals surface area contributed by atoms with Gasteiger partial charge >= 0.3 is 5.97 Å². The summed E-state index contributed by atoms with van der Waals surface area (Å²) in [6.07, 6.45) is 2.87. The normalized spacial score (nSPS) is 10.1. The number of aromatic carboxylic acids is 1. The Morgan fingerprint density at radius 3 is 2.94 bits per heavy atom. The summed E-state index contributed by atoms with van der Waals surface area (Å²) in [5.74, 6) is -0.670. The van der Waals surface area contributed by atoms with Crippen molar-refractivity contribution < 1.29 is 9.90 Å². The van der Waals surface area contributed by atoms with Gasteiger partial charge in [-0.2, -0.15) is 10.2 Å². The van der Waals surface area contributed by atoms with Crippen LogP contribution in [-0.2, 0) is 6.54 Å². The van der Waals surface area contributed by atoms with Crippen LogP contribution in [0.25, 0.3) is 0 Å². The number of carboxylic acids is 1. The first-order chi connectivity index (χ1) is 8.66. The zero-order valence-corrected chi connectivity index (χ0v) is 9.66. The van der Waals surface area contributed by atoms with E-state index in [4.69, 9.17) is 5.11 Å². The van der Waals surface area contributed by atoms with Crippen molar-refractivity contribution in [3.63, 3.8) is 0 Å². The Bertz CT molecular complexity index is 559. The molecule has 0 aliphatic rings. The number of hydrogen-bond acceptors (Lipinski definition) is 6. The van der Waals surface area contributed by atoms with Crippen LogP contribution >= 0.6 is 0 Å². The highest BCUT2D eigenvalue weighted by Gasteiger charge is 2.09. The number of aryl methyl sites for hydroxylation is 1. The van der Waals surface area contributed by atoms with E-state index in [1.54, 1.807) is 19.2 Å². The maximum absolute atomic E-state index is 10.8. The number of nitrogens with zero attached hydrogens (tertiary/aromatic N) is 4. The molecule has 0 aliphatic carbocycles. The quantitative estimate of drug-likeness (QED) is 0.824. The number of nitrogens with one attached hydrogen (secondary N) is 1. The maximum Gasteiger partial charge on any atom is 0.339 e. The van der Waals surface area contributed by atoms with Gasteiger partial charge in [0.15, 0.2) is 0 Å². The van der Waals surface area contributed by atoms with E-state index in [1.807, 2.05) is 6.07 Å². The van der Waals surface area contributed by atoms with Crippen LogP contribution in [-0.4, -0.2) is 31.2 Å². The van der Waals surface area contributed by atoms with E-state index < -0.39 is 5.97 Å². The molecule has 0 aliphatic heterocycles. The molecule has 7 nitrogen and oxygen atoms in total. The zero-order chi connectivity index (χ0) is 13.0. The number of aromatic nitrogens is 4. The highest BCUT2D eigenvalue weighted by atomic mass is 16.4. The molecule has 0 atom stereocenters. The van der Waals surface area contributed by atoms with E-state index in [1.165, 1.54) is 6.20 Å². The smallest absolute Gasteiger partial charge is 0.339 e. The van der Waals surface area contributed by atoms with E-state index in [-0.39, 0.29) is 5.56 Å². The summed E-state index contributed by atoms with van der Waals surface area (Å²) >= 11 is 0. The molecule has 0 aromatic carbocycles. The van der Waals surface area contributed by atoms with Crippen LogP contribution in [0.5, 0.6) is 0 Å². The number of carboxylic acid groups (broad SMARTS) is 1. The minimum Gasteiger partial charge on any atom is -0.478 e. The predicted octanol–water partition coefficient (Wildman–Crippen LogP) is 0.885. The second kappa shape index (κ2) is 5.17. The van der Waals surface area contributed by atoms with Gasteiger partial charge < -0.3 is 10.4 Å². The van der Waals surface area contributed by atoms with E-state index >= 15 is 0 Å². The summed E-state index contributed by atoms with van der Waals surface area (Å²) in [5.41, 5.74) is 1.26. The molecule has 0 saturated heterocycles. The molecule has 0 fully saturated rings. The van der Waals surface area contributed by atoms with Gasteiger partial charge in [0.25, 0.3) is 0 Å². The van der Waals surface area contributed by atoms with Crippen molar-refractivity contribution >= 4 is 11.9 Å². The van der Waals surface area contributed by atoms with Gasteiger partial charge in [-0.25, -0.2) is 14.8 Å². The minimum atomic E-state index is -1.03. The molecule has 0 spiro atoms. The fourth-order valence-corrected chi connectivity index (χ4v) is 1.36. The van der Waals surface area contributed by atoms with Gasteiger partial charge in [-0.05, 0) is 19.1 Å². The van der Waals surface area contributed by atoms with Crippen molar-refractivity contribution in [3.05, 3.63) is 41.5 Å². The van der Waals surface area contributed by atoms with Gasteiger partial charge in [0, 0.05) is 12.4 Å². The van der Waals surface area contributed by atoms with Crippen molar-refractivity contribution in [2.75, 3.05) is 5.32 Å². The Morgan fingerprint density at radius 1 is 1.50 bits per heavy atom. The molecular weight excluding hydrogens is 234 g/mol. The molecule has 18 heavy (non-hydrogen) atoms. The Morgan fingerprint density at radius 2 is 2.33 bits per heavy atom. The van der Waals surface area contributed by atoms with Gasteiger partial charge in [0.1, 0.15) is 0 Å². The van der Waals surface area contributed by atoms with Gasteiger partial charge in [-0.3, -0.25) is 0 Å². The summed E-state index contributed by atoms with van der Waals surface area (Å²) in [6.45, 7) is 2.05. The topological polar surface area (TPSA) is 101 Å². The van der Waals surface area contributed by atoms with Crippen LogP contribution < -0.4 is 5.32 Å². The van der Waals surface area contributed by atoms with E-state index in [0.717, 1.165) is 5.69 Å². The third-order valence-electron chi connectivity index (χ3n) is 2.26. The van der Waals surface area contributed by atoms with Crippen LogP contribution in [0.3, 0.4) is 0 Å². The lowest BCUT2D eigenvalue weighted by Gasteiger charge is -2.05. The summed E-state index contributed by atoms with van der Waals surface area (Å²) < 4.78 is 0. The Balaban J connectivity index is 2.07. The standard InChI is InChI=1S/C11H11N5O2/c1-7-9(10(17)18)6-13-11(15-7)12-5-8-3-2-4-14-16-8/h2-4,6H,5H2,1H3,(H,17,18)(H,12,13,15). The van der Waals surface area contributed by atoms with Crippen molar-refractivity contribution in [3.8, 4) is 0 Å². The molecule has 2 N–H and O–H groups in total. The van der Waals surface area contributed by atoms with E-state index in [2.05, 4.69) is 25.5 Å². The Kier molecular flexibility index (Phi) is 3.42. The third kappa shape index (κ3) is 2.76. The summed E-state index contributed by atoms with van der Waals surface area (Å²) in [5, 5.41) is 19.4. The summed E-state index contributed by atoms with van der Waals surface area (Å²) in [6, 6.07) is 3.60. The van der Waals surface area contributed by atoms with Gasteiger partial charge in [0.05, 0.1) is 23.5 Å². The lowest BCUT2D eigenvalue weighted by molar-refractivity contribution is 0.0695. The second-order valence-electron chi connectivity index (χ2n) is 3.57. The molecule has 0 amide bonds. The number of carbonyl (C=O) groups is 1. The highest BCUT2D eigenvalue weighted by Crippen LogP contribution is 2.07. The van der Waals surface area contributed by atoms with Gasteiger partial charge in [-0.15, -0.1) is 0 Å². The molecule has 0 radical (unpaired) electrons. The highest BCUT2D eigenvalue weighted by molar-refractivity contribution is 5.88. The lowest BCUT2D eigenvalue weighted by atomic mass is 10.2. The molecular formula is C11H11N5O2. The average Bonchev–Trinajstić information content (AvgIpc) is 2.37. The lowest BCUT2D eigenvalue weighted by Crippen LogP contribution is -2.09. The molecule has 7 heteroatoms. The average molecular weight is 245 g/mol. The number of rotatable bonds is 4. The van der Waals surface area contributed by atoms with Crippen LogP contribution in [0.4, 0.5) is 5.95 Å². The predicted molar refractivity (Wildman–Crippen MR) is 63.1 cm³/mol. The van der Waals surface area contributed by atoms with Crippen molar-refractivity contribution in [1.29, 1.82) is 0 Å². The fourth-order valence-electron chi connectivity index (χ4n) is 1.36. The maximum atomic E-state index is 10.8. The van der Waals surface area contributed by atoms with Crippen LogP contribution in [0.15, 0.2) is 24.5 Å². The molecule has 0 unspecified atom stereocenters. The fraction of sp³-hybridized carbons (Fsp3) is 0.182. The molecule has 2 aromatic rings. The molecule has 0 bridgehead atoms. The molecule has 2 aromatic heterocycles. The first kappa shape index (κ1) is 11.9. The Labute approximate surface area is 103 Å². The number of hydrogen-bond donors (Lipinski definition) is 2. The first-order valence-electron chi connectivity index (χ1n) is 5.24. The van der Waals surface area contributed by atoms with Crippen molar-refractivity contribution in [2.45, 2.75) is 13.5 Å². The SMILES string of the molecule is Cc1nc(NCc2cccnn2)ncc1C(=O)O. The van der Waals surface area contributed by atoms with Crippen LogP contribution in [0, 0.1) is 6.92 Å². The summed E-state index contributed by atoms with van der Waals surface area (Å²) in [7, 11) is 0. The monoisotopic (exact) mass is 245 g/mol. The van der Waals surface area contributed by atoms with Gasteiger partial charge in [0.2, 0.25) is 5.95 Å². The first-order valence-corrected chi connectivity index (χ1v) is 5.24. The van der Waals surface area contributed by atoms with Crippen LogP contribution in [0.2, 0.25) is 0 Å². The van der Waals surface area contributed by atoms with Crippen molar-refractivity contribution in [1.82, 2.24) is 20.2 Å². The van der Waals surface area contributed by atoms with E-state index in [9.17, 15) is 4.79 Å². The Hall–Kier alpha value is -2.57. The zero-order valence-electron chi connectivity index (χ0n) is 9.66. The molecule has 0 saturated carbocycles.